The molecule has 4 nitrogen and oxygen atoms in total. The monoisotopic (exact) mass is 378 g/mol. The first-order chi connectivity index (χ1) is 13.1. The minimum atomic E-state index is -0.260. The lowest BCUT2D eigenvalue weighted by atomic mass is 10.0. The van der Waals surface area contributed by atoms with Gasteiger partial charge in [-0.1, -0.05) is 48.2 Å². The summed E-state index contributed by atoms with van der Waals surface area (Å²) in [6.45, 7) is 5.96. The van der Waals surface area contributed by atoms with E-state index in [0.29, 0.717) is 6.54 Å². The zero-order valence-electron chi connectivity index (χ0n) is 15.4. The van der Waals surface area contributed by atoms with Gasteiger partial charge in [-0.05, 0) is 36.2 Å². The predicted octanol–water partition coefficient (Wildman–Crippen LogP) is 4.69. The van der Waals surface area contributed by atoms with Crippen LogP contribution in [0, 0.1) is 0 Å². The number of nitrogens with one attached hydrogen (secondary N) is 1. The van der Waals surface area contributed by atoms with Crippen molar-refractivity contribution in [2.45, 2.75) is 17.2 Å². The molecule has 1 N–H and O–H groups in total. The Labute approximate surface area is 163 Å². The Bertz CT molecular complexity index is 957. The van der Waals surface area contributed by atoms with Crippen LogP contribution >= 0.6 is 11.8 Å². The van der Waals surface area contributed by atoms with Gasteiger partial charge >= 0.3 is 0 Å². The summed E-state index contributed by atoms with van der Waals surface area (Å²) < 4.78 is 5.35. The molecule has 0 fully saturated rings. The molecule has 0 unspecified atom stereocenters. The average Bonchev–Trinajstić information content (AvgIpc) is 2.71. The second kappa shape index (κ2) is 8.73. The van der Waals surface area contributed by atoms with Gasteiger partial charge in [0.15, 0.2) is 0 Å². The van der Waals surface area contributed by atoms with Crippen LogP contribution in [0.25, 0.3) is 22.0 Å². The number of carbonyl (C=O) groups is 1. The lowest BCUT2D eigenvalue weighted by Gasteiger charge is -2.14. The highest BCUT2D eigenvalue weighted by molar-refractivity contribution is 8.00. The second-order valence-electron chi connectivity index (χ2n) is 6.05. The molecule has 1 amide bonds. The third-order valence-electron chi connectivity index (χ3n) is 4.17. The molecule has 0 saturated heterocycles. The summed E-state index contributed by atoms with van der Waals surface area (Å²) in [5, 5.41) is 4.42. The molecule has 5 heteroatoms. The first-order valence-electron chi connectivity index (χ1n) is 8.72. The molecule has 1 aromatic heterocycles. The van der Waals surface area contributed by atoms with Crippen LogP contribution in [0.3, 0.4) is 0 Å². The molecule has 0 spiro atoms. The number of ether oxygens (including phenoxy) is 1. The van der Waals surface area contributed by atoms with Crippen LogP contribution in [0.1, 0.15) is 6.92 Å². The van der Waals surface area contributed by atoms with Gasteiger partial charge < -0.3 is 10.1 Å². The molecule has 1 heterocycles. The Kier molecular flexibility index (Phi) is 6.14. The molecule has 27 heavy (non-hydrogen) atoms. The largest absolute Gasteiger partial charge is 0.497 e. The average molecular weight is 378 g/mol. The fourth-order valence-electron chi connectivity index (χ4n) is 2.78. The Morgan fingerprint density at radius 3 is 2.74 bits per heavy atom. The summed E-state index contributed by atoms with van der Waals surface area (Å²) in [5.74, 6) is 0.724. The number of hydrogen-bond donors (Lipinski definition) is 1. The van der Waals surface area contributed by atoms with E-state index in [1.165, 1.54) is 11.8 Å². The van der Waals surface area contributed by atoms with Gasteiger partial charge in [0.2, 0.25) is 5.91 Å². The van der Waals surface area contributed by atoms with Crippen LogP contribution in [0.4, 0.5) is 0 Å². The summed E-state index contributed by atoms with van der Waals surface area (Å²) in [5.41, 5.74) is 3.04. The van der Waals surface area contributed by atoms with Gasteiger partial charge in [-0.25, -0.2) is 4.98 Å². The standard InChI is InChI=1S/C22H22N2O2S/c1-4-12-23-22(25)15(2)27-21-14-19(16-8-6-5-7-9-16)18-11-10-17(26-3)13-20(18)24-21/h4-11,13-15H,1,12H2,2-3H3,(H,23,25)/t15-/m0/s1. The molecule has 3 rings (SSSR count). The van der Waals surface area contributed by atoms with E-state index < -0.39 is 0 Å². The van der Waals surface area contributed by atoms with Crippen molar-refractivity contribution < 1.29 is 9.53 Å². The molecule has 138 valence electrons. The summed E-state index contributed by atoms with van der Waals surface area (Å²) in [4.78, 5) is 17.0. The Morgan fingerprint density at radius 1 is 1.26 bits per heavy atom. The SMILES string of the molecule is C=CCNC(=O)[C@H](C)Sc1cc(-c2ccccc2)c2ccc(OC)cc2n1. The van der Waals surface area contributed by atoms with E-state index in [0.717, 1.165) is 32.8 Å². The summed E-state index contributed by atoms with van der Waals surface area (Å²) >= 11 is 1.44. The highest BCUT2D eigenvalue weighted by Gasteiger charge is 2.16. The van der Waals surface area contributed by atoms with Gasteiger partial charge in [-0.3, -0.25) is 4.79 Å². The first-order valence-corrected chi connectivity index (χ1v) is 9.60. The number of hydrogen-bond acceptors (Lipinski definition) is 4. The number of benzene rings is 2. The molecular weight excluding hydrogens is 356 g/mol. The molecule has 3 aromatic rings. The van der Waals surface area contributed by atoms with Crippen molar-refractivity contribution in [1.29, 1.82) is 0 Å². The van der Waals surface area contributed by atoms with Crippen molar-refractivity contribution in [3.8, 4) is 16.9 Å². The van der Waals surface area contributed by atoms with E-state index in [1.807, 2.05) is 49.4 Å². The zero-order valence-corrected chi connectivity index (χ0v) is 16.3. The number of thioether (sulfide) groups is 1. The van der Waals surface area contributed by atoms with Crippen molar-refractivity contribution in [3.63, 3.8) is 0 Å². The maximum atomic E-state index is 12.2. The smallest absolute Gasteiger partial charge is 0.233 e. The molecule has 0 aliphatic carbocycles. The maximum absolute atomic E-state index is 12.2. The minimum Gasteiger partial charge on any atom is -0.497 e. The molecule has 0 saturated carbocycles. The molecule has 1 atom stereocenters. The molecule has 0 aliphatic heterocycles. The van der Waals surface area contributed by atoms with Crippen molar-refractivity contribution in [2.24, 2.45) is 0 Å². The highest BCUT2D eigenvalue weighted by Crippen LogP contribution is 2.34. The second-order valence-corrected chi connectivity index (χ2v) is 7.41. The molecule has 0 bridgehead atoms. The van der Waals surface area contributed by atoms with Crippen LogP contribution < -0.4 is 10.1 Å². The quantitative estimate of drug-likeness (QED) is 0.478. The highest BCUT2D eigenvalue weighted by atomic mass is 32.2. The number of methoxy groups -OCH3 is 1. The van der Waals surface area contributed by atoms with Gasteiger partial charge in [0.1, 0.15) is 5.75 Å². The van der Waals surface area contributed by atoms with Crippen LogP contribution in [0.15, 0.2) is 72.3 Å². The summed E-state index contributed by atoms with van der Waals surface area (Å²) in [6, 6.07) is 18.1. The molecule has 0 radical (unpaired) electrons. The number of rotatable bonds is 7. The molecule has 0 aliphatic rings. The molecular formula is C22H22N2O2S. The van der Waals surface area contributed by atoms with Crippen molar-refractivity contribution in [3.05, 3.63) is 67.3 Å². The predicted molar refractivity (Wildman–Crippen MR) is 112 cm³/mol. The number of carbonyl (C=O) groups excluding carboxylic acids is 1. The van der Waals surface area contributed by atoms with Crippen molar-refractivity contribution in [2.75, 3.05) is 13.7 Å². The van der Waals surface area contributed by atoms with E-state index in [9.17, 15) is 4.79 Å². The van der Waals surface area contributed by atoms with Crippen molar-refractivity contribution >= 4 is 28.6 Å². The minimum absolute atomic E-state index is 0.0336. The van der Waals surface area contributed by atoms with Crippen LogP contribution in [0.5, 0.6) is 5.75 Å². The van der Waals surface area contributed by atoms with E-state index in [2.05, 4.69) is 24.0 Å². The van der Waals surface area contributed by atoms with Gasteiger partial charge in [-0.15, -0.1) is 6.58 Å². The molecule has 2 aromatic carbocycles. The number of fused-ring (bicyclic) bond motifs is 1. The summed E-state index contributed by atoms with van der Waals surface area (Å²) in [6.07, 6.45) is 1.67. The first kappa shape index (κ1) is 19.0. The normalized spacial score (nSPS) is 11.8. The van der Waals surface area contributed by atoms with E-state index >= 15 is 0 Å². The number of pyridine rings is 1. The van der Waals surface area contributed by atoms with Gasteiger partial charge in [-0.2, -0.15) is 0 Å². The fourth-order valence-corrected chi connectivity index (χ4v) is 3.67. The maximum Gasteiger partial charge on any atom is 0.233 e. The summed E-state index contributed by atoms with van der Waals surface area (Å²) in [7, 11) is 1.64. The third kappa shape index (κ3) is 4.49. The third-order valence-corrected chi connectivity index (χ3v) is 5.18. The number of amides is 1. The van der Waals surface area contributed by atoms with Crippen LogP contribution in [-0.4, -0.2) is 29.8 Å². The van der Waals surface area contributed by atoms with Gasteiger partial charge in [0.25, 0.3) is 0 Å². The Hall–Kier alpha value is -2.79. The van der Waals surface area contributed by atoms with E-state index in [4.69, 9.17) is 9.72 Å². The lowest BCUT2D eigenvalue weighted by Crippen LogP contribution is -2.30. The van der Waals surface area contributed by atoms with E-state index in [-0.39, 0.29) is 11.2 Å². The fraction of sp³-hybridized carbons (Fsp3) is 0.182. The zero-order chi connectivity index (χ0) is 19.2. The topological polar surface area (TPSA) is 51.2 Å². The Balaban J connectivity index is 2.02. The van der Waals surface area contributed by atoms with Crippen molar-refractivity contribution in [1.82, 2.24) is 10.3 Å². The number of aromatic nitrogens is 1. The van der Waals surface area contributed by atoms with Gasteiger partial charge in [0, 0.05) is 18.0 Å². The van der Waals surface area contributed by atoms with E-state index in [1.54, 1.807) is 13.2 Å². The van der Waals surface area contributed by atoms with Gasteiger partial charge in [0.05, 0.1) is 22.9 Å². The number of nitrogens with zero attached hydrogens (tertiary/aromatic N) is 1. The lowest BCUT2D eigenvalue weighted by molar-refractivity contribution is -0.120. The van der Waals surface area contributed by atoms with Crippen LogP contribution in [-0.2, 0) is 4.79 Å². The van der Waals surface area contributed by atoms with Crippen LogP contribution in [0.2, 0.25) is 0 Å². The Morgan fingerprint density at radius 2 is 2.04 bits per heavy atom.